The van der Waals surface area contributed by atoms with Gasteiger partial charge >= 0.3 is 5.97 Å². The predicted octanol–water partition coefficient (Wildman–Crippen LogP) is 1.48. The standard InChI is InChI=1S/C14H21N3O2/c18-14(19)12-5-3-4-11-10-15-13(17(11)12)6-9-16-7-1-2-8-16/h10,12H,1-9H2,(H,18,19). The molecule has 2 aliphatic heterocycles. The minimum absolute atomic E-state index is 0.403. The van der Waals surface area contributed by atoms with Gasteiger partial charge in [0.1, 0.15) is 11.9 Å². The Hall–Kier alpha value is -1.36. The van der Waals surface area contributed by atoms with E-state index in [2.05, 4.69) is 9.88 Å². The van der Waals surface area contributed by atoms with E-state index in [-0.39, 0.29) is 0 Å². The van der Waals surface area contributed by atoms with Crippen LogP contribution in [0.5, 0.6) is 0 Å². The zero-order valence-corrected chi connectivity index (χ0v) is 11.2. The van der Waals surface area contributed by atoms with Crippen molar-refractivity contribution in [2.24, 2.45) is 0 Å². The van der Waals surface area contributed by atoms with E-state index in [0.29, 0.717) is 0 Å². The van der Waals surface area contributed by atoms with Gasteiger partial charge < -0.3 is 14.6 Å². The van der Waals surface area contributed by atoms with Crippen LogP contribution in [0, 0.1) is 0 Å². The number of nitrogens with zero attached hydrogens (tertiary/aromatic N) is 3. The number of carboxylic acids is 1. The van der Waals surface area contributed by atoms with Crippen LogP contribution in [0.4, 0.5) is 0 Å². The van der Waals surface area contributed by atoms with Crippen molar-refractivity contribution in [2.45, 2.75) is 44.6 Å². The number of carboxylic acid groups (broad SMARTS) is 1. The van der Waals surface area contributed by atoms with Crippen LogP contribution >= 0.6 is 0 Å². The van der Waals surface area contributed by atoms with Gasteiger partial charge in [-0.1, -0.05) is 0 Å². The molecule has 0 aromatic carbocycles. The fourth-order valence-corrected chi connectivity index (χ4v) is 3.29. The molecule has 104 valence electrons. The summed E-state index contributed by atoms with van der Waals surface area (Å²) in [6.07, 6.45) is 7.96. The monoisotopic (exact) mass is 263 g/mol. The van der Waals surface area contributed by atoms with Crippen molar-refractivity contribution >= 4 is 5.97 Å². The van der Waals surface area contributed by atoms with Crippen molar-refractivity contribution in [1.82, 2.24) is 14.5 Å². The van der Waals surface area contributed by atoms with Crippen LogP contribution in [0.25, 0.3) is 0 Å². The molecule has 19 heavy (non-hydrogen) atoms. The summed E-state index contributed by atoms with van der Waals surface area (Å²) >= 11 is 0. The maximum absolute atomic E-state index is 11.4. The van der Waals surface area contributed by atoms with Crippen LogP contribution in [0.3, 0.4) is 0 Å². The number of aryl methyl sites for hydroxylation is 1. The van der Waals surface area contributed by atoms with Crippen molar-refractivity contribution in [3.63, 3.8) is 0 Å². The Bertz CT molecular complexity index is 463. The van der Waals surface area contributed by atoms with Crippen LogP contribution in [0.1, 0.15) is 43.2 Å². The number of hydrogen-bond acceptors (Lipinski definition) is 3. The summed E-state index contributed by atoms with van der Waals surface area (Å²) in [6.45, 7) is 3.36. The lowest BCUT2D eigenvalue weighted by atomic mass is 10.0. The maximum Gasteiger partial charge on any atom is 0.326 e. The van der Waals surface area contributed by atoms with Gasteiger partial charge in [-0.05, 0) is 45.2 Å². The first-order valence-electron chi connectivity index (χ1n) is 7.26. The van der Waals surface area contributed by atoms with E-state index in [9.17, 15) is 9.90 Å². The van der Waals surface area contributed by atoms with Gasteiger partial charge in [-0.25, -0.2) is 9.78 Å². The SMILES string of the molecule is O=C(O)C1CCCc2cnc(CCN3CCCC3)n21. The summed E-state index contributed by atoms with van der Waals surface area (Å²) in [4.78, 5) is 18.3. The van der Waals surface area contributed by atoms with Crippen LogP contribution in [-0.2, 0) is 17.6 Å². The van der Waals surface area contributed by atoms with E-state index in [0.717, 1.165) is 43.7 Å². The highest BCUT2D eigenvalue weighted by Crippen LogP contribution is 2.27. The average Bonchev–Trinajstić information content (AvgIpc) is 3.05. The van der Waals surface area contributed by atoms with E-state index >= 15 is 0 Å². The van der Waals surface area contributed by atoms with E-state index in [4.69, 9.17) is 0 Å². The first-order chi connectivity index (χ1) is 9.25. The number of fused-ring (bicyclic) bond motifs is 1. The lowest BCUT2D eigenvalue weighted by Gasteiger charge is -2.24. The number of likely N-dealkylation sites (tertiary alicyclic amines) is 1. The van der Waals surface area contributed by atoms with Crippen molar-refractivity contribution in [3.8, 4) is 0 Å². The van der Waals surface area contributed by atoms with Gasteiger partial charge in [0.15, 0.2) is 0 Å². The molecule has 5 nitrogen and oxygen atoms in total. The Morgan fingerprint density at radius 3 is 2.89 bits per heavy atom. The topological polar surface area (TPSA) is 58.4 Å². The summed E-state index contributed by atoms with van der Waals surface area (Å²) in [5, 5.41) is 9.35. The lowest BCUT2D eigenvalue weighted by Crippen LogP contribution is -2.28. The fraction of sp³-hybridized carbons (Fsp3) is 0.714. The Kier molecular flexibility index (Phi) is 3.55. The van der Waals surface area contributed by atoms with Crippen molar-refractivity contribution in [2.75, 3.05) is 19.6 Å². The molecule has 0 radical (unpaired) electrons. The average molecular weight is 263 g/mol. The number of rotatable bonds is 4. The highest BCUT2D eigenvalue weighted by Gasteiger charge is 2.28. The van der Waals surface area contributed by atoms with Gasteiger partial charge in [-0.2, -0.15) is 0 Å². The van der Waals surface area contributed by atoms with Crippen LogP contribution in [0.2, 0.25) is 0 Å². The predicted molar refractivity (Wildman–Crippen MR) is 71.2 cm³/mol. The van der Waals surface area contributed by atoms with Crippen LogP contribution < -0.4 is 0 Å². The van der Waals surface area contributed by atoms with Gasteiger partial charge in [0, 0.05) is 24.9 Å². The molecule has 0 amide bonds. The molecule has 0 saturated carbocycles. The Morgan fingerprint density at radius 2 is 2.16 bits per heavy atom. The van der Waals surface area contributed by atoms with Crippen LogP contribution in [-0.4, -0.2) is 45.2 Å². The molecule has 3 heterocycles. The molecule has 2 aliphatic rings. The van der Waals surface area contributed by atoms with Crippen molar-refractivity contribution in [3.05, 3.63) is 17.7 Å². The lowest BCUT2D eigenvalue weighted by molar-refractivity contribution is -0.141. The van der Waals surface area contributed by atoms with E-state index in [1.807, 2.05) is 10.8 Å². The highest BCUT2D eigenvalue weighted by atomic mass is 16.4. The first kappa shape index (κ1) is 12.7. The minimum atomic E-state index is -0.721. The zero-order chi connectivity index (χ0) is 13.2. The van der Waals surface area contributed by atoms with E-state index in [1.165, 1.54) is 25.9 Å². The molecule has 5 heteroatoms. The van der Waals surface area contributed by atoms with Gasteiger partial charge in [-0.15, -0.1) is 0 Å². The largest absolute Gasteiger partial charge is 0.480 e. The molecule has 1 aromatic rings. The Labute approximate surface area is 113 Å². The van der Waals surface area contributed by atoms with E-state index < -0.39 is 12.0 Å². The normalized spacial score (nSPS) is 23.5. The van der Waals surface area contributed by atoms with Crippen LogP contribution in [0.15, 0.2) is 6.20 Å². The molecule has 1 N–H and O–H groups in total. The van der Waals surface area contributed by atoms with Gasteiger partial charge in [-0.3, -0.25) is 0 Å². The van der Waals surface area contributed by atoms with Gasteiger partial charge in [0.05, 0.1) is 0 Å². The minimum Gasteiger partial charge on any atom is -0.480 e. The molecule has 1 aromatic heterocycles. The zero-order valence-electron chi connectivity index (χ0n) is 11.2. The van der Waals surface area contributed by atoms with Gasteiger partial charge in [0.2, 0.25) is 0 Å². The molecule has 1 fully saturated rings. The molecular formula is C14H21N3O2. The summed E-state index contributed by atoms with van der Waals surface area (Å²) in [5.41, 5.74) is 1.09. The molecule has 0 bridgehead atoms. The number of aliphatic carboxylic acids is 1. The molecule has 3 rings (SSSR count). The molecular weight excluding hydrogens is 242 g/mol. The smallest absolute Gasteiger partial charge is 0.326 e. The molecule has 0 spiro atoms. The summed E-state index contributed by atoms with van der Waals surface area (Å²) in [7, 11) is 0. The number of hydrogen-bond donors (Lipinski definition) is 1. The fourth-order valence-electron chi connectivity index (χ4n) is 3.29. The third kappa shape index (κ3) is 2.52. The van der Waals surface area contributed by atoms with Gasteiger partial charge in [0.25, 0.3) is 0 Å². The molecule has 1 atom stereocenters. The molecule has 0 aliphatic carbocycles. The summed E-state index contributed by atoms with van der Waals surface area (Å²) in [6, 6.07) is -0.403. The molecule has 1 saturated heterocycles. The Morgan fingerprint density at radius 1 is 1.37 bits per heavy atom. The van der Waals surface area contributed by atoms with Crippen molar-refractivity contribution < 1.29 is 9.90 Å². The highest BCUT2D eigenvalue weighted by molar-refractivity contribution is 5.72. The van der Waals surface area contributed by atoms with E-state index in [1.54, 1.807) is 0 Å². The first-order valence-corrected chi connectivity index (χ1v) is 7.26. The second-order valence-corrected chi connectivity index (χ2v) is 5.58. The summed E-state index contributed by atoms with van der Waals surface area (Å²) < 4.78 is 1.97. The number of carbonyl (C=O) groups is 1. The Balaban J connectivity index is 1.74. The third-order valence-electron chi connectivity index (χ3n) is 4.31. The quantitative estimate of drug-likeness (QED) is 0.894. The summed E-state index contributed by atoms with van der Waals surface area (Å²) in [5.74, 6) is 0.232. The maximum atomic E-state index is 11.4. The number of imidazole rings is 1. The third-order valence-corrected chi connectivity index (χ3v) is 4.31. The number of aromatic nitrogens is 2. The van der Waals surface area contributed by atoms with Crippen molar-refractivity contribution in [1.29, 1.82) is 0 Å². The molecule has 1 unspecified atom stereocenters. The second kappa shape index (κ2) is 5.33. The second-order valence-electron chi connectivity index (χ2n) is 5.58.